The zero-order chi connectivity index (χ0) is 9.52. The molecule has 0 aliphatic carbocycles. The third-order valence-corrected chi connectivity index (χ3v) is 1.72. The number of hydrogen-bond donors (Lipinski definition) is 1. The van der Waals surface area contributed by atoms with E-state index in [0.29, 0.717) is 5.62 Å². The largest absolute Gasteiger partial charge is 0.425 e. The fourth-order valence-corrected chi connectivity index (χ4v) is 1.01. The van der Waals surface area contributed by atoms with Gasteiger partial charge in [-0.25, -0.2) is 9.98 Å². The van der Waals surface area contributed by atoms with Gasteiger partial charge in [-0.05, 0) is 12.5 Å². The molecule has 0 saturated carbocycles. The molecule has 13 heavy (non-hydrogen) atoms. The number of nitrogens with zero attached hydrogens (tertiary/aromatic N) is 3. The van der Waals surface area contributed by atoms with Crippen molar-refractivity contribution in [2.75, 3.05) is 6.54 Å². The molecule has 0 radical (unpaired) electrons. The zero-order valence-corrected chi connectivity index (χ0v) is 7.85. The lowest BCUT2D eigenvalue weighted by atomic mass is 10.2. The molecule has 0 aliphatic rings. The predicted molar refractivity (Wildman–Crippen MR) is 49.4 cm³/mol. The summed E-state index contributed by atoms with van der Waals surface area (Å²) in [5, 5.41) is 9.23. The smallest absolute Gasteiger partial charge is 0.258 e. The van der Waals surface area contributed by atoms with E-state index in [1.807, 2.05) is 0 Å². The van der Waals surface area contributed by atoms with Crippen molar-refractivity contribution in [1.29, 1.82) is 0 Å². The third-order valence-electron chi connectivity index (χ3n) is 1.72. The molecule has 1 heterocycles. The highest BCUT2D eigenvalue weighted by Crippen LogP contribution is 1.92. The van der Waals surface area contributed by atoms with Gasteiger partial charge in [0.15, 0.2) is 0 Å². The van der Waals surface area contributed by atoms with E-state index in [-0.39, 0.29) is 0 Å². The lowest BCUT2D eigenvalue weighted by Gasteiger charge is -1.95. The molecule has 1 aromatic rings. The lowest BCUT2D eigenvalue weighted by Crippen LogP contribution is -2.21. The van der Waals surface area contributed by atoms with Crippen LogP contribution >= 0.6 is 0 Å². The van der Waals surface area contributed by atoms with Crippen LogP contribution in [0.5, 0.6) is 0 Å². The van der Waals surface area contributed by atoms with E-state index < -0.39 is 0 Å². The third kappa shape index (κ3) is 3.27. The van der Waals surface area contributed by atoms with Crippen LogP contribution in [0.1, 0.15) is 26.2 Å². The molecule has 0 amide bonds. The summed E-state index contributed by atoms with van der Waals surface area (Å²) in [6.45, 7) is 2.87. The Kier molecular flexibility index (Phi) is 4.02. The fraction of sp³-hybridized carbons (Fsp3) is 0.556. The summed E-state index contributed by atoms with van der Waals surface area (Å²) >= 11 is 0. The molecule has 0 aliphatic heterocycles. The molecule has 72 valence electrons. The Balaban J connectivity index is 2.55. The van der Waals surface area contributed by atoms with Crippen molar-refractivity contribution in [3.05, 3.63) is 24.1 Å². The Morgan fingerprint density at radius 3 is 3.08 bits per heavy atom. The van der Waals surface area contributed by atoms with Crippen molar-refractivity contribution >= 4 is 0 Å². The normalized spacial score (nSPS) is 11.9. The number of rotatable bonds is 4. The summed E-state index contributed by atoms with van der Waals surface area (Å²) in [4.78, 5) is 8.07. The predicted octanol–water partition coefficient (Wildman–Crippen LogP) is 1.21. The highest BCUT2D eigenvalue weighted by atomic mass is 16.5. The summed E-state index contributed by atoms with van der Waals surface area (Å²) in [5.41, 5.74) is 0.374. The first kappa shape index (κ1) is 9.77. The molecular weight excluding hydrogens is 166 g/mol. The van der Waals surface area contributed by atoms with Crippen molar-refractivity contribution < 1.29 is 5.21 Å². The van der Waals surface area contributed by atoms with Gasteiger partial charge in [0.25, 0.3) is 5.62 Å². The highest BCUT2D eigenvalue weighted by molar-refractivity contribution is 4.77. The Morgan fingerprint density at radius 1 is 1.54 bits per heavy atom. The molecule has 1 aromatic heterocycles. The number of hydrogen-bond acceptors (Lipinski definition) is 3. The van der Waals surface area contributed by atoms with E-state index >= 15 is 0 Å². The molecule has 4 nitrogen and oxygen atoms in total. The van der Waals surface area contributed by atoms with E-state index in [0.717, 1.165) is 17.7 Å². The van der Waals surface area contributed by atoms with Crippen LogP contribution in [0.3, 0.4) is 0 Å². The van der Waals surface area contributed by atoms with Crippen LogP contribution in [-0.4, -0.2) is 21.5 Å². The Morgan fingerprint density at radius 2 is 2.38 bits per heavy atom. The highest BCUT2D eigenvalue weighted by Gasteiger charge is 1.88. The maximum Gasteiger partial charge on any atom is 0.258 e. The van der Waals surface area contributed by atoms with Crippen LogP contribution < -0.4 is 5.62 Å². The SMILES string of the molecule is CCCCCN=c1ncccn1O. The minimum atomic E-state index is 0.374. The molecule has 1 rings (SSSR count). The maximum atomic E-state index is 9.23. The molecule has 0 aromatic carbocycles. The molecule has 0 spiro atoms. The summed E-state index contributed by atoms with van der Waals surface area (Å²) in [5.74, 6) is 0. The van der Waals surface area contributed by atoms with Gasteiger partial charge in [-0.2, -0.15) is 4.73 Å². The average molecular weight is 181 g/mol. The summed E-state index contributed by atoms with van der Waals surface area (Å²) in [6.07, 6.45) is 6.53. The average Bonchev–Trinajstić information content (AvgIpc) is 2.15. The Hall–Kier alpha value is -1.32. The van der Waals surface area contributed by atoms with E-state index in [4.69, 9.17) is 0 Å². The number of aromatic nitrogens is 2. The standard InChI is InChI=1S/C9H15N3O/c1-2-3-4-6-10-9-11-7-5-8-12(9)13/h5,7-8,13H,2-4,6H2,1H3. The minimum absolute atomic E-state index is 0.374. The van der Waals surface area contributed by atoms with Crippen LogP contribution in [-0.2, 0) is 0 Å². The van der Waals surface area contributed by atoms with Crippen LogP contribution in [0.2, 0.25) is 0 Å². The van der Waals surface area contributed by atoms with Gasteiger partial charge in [-0.15, -0.1) is 0 Å². The molecule has 0 fully saturated rings. The van der Waals surface area contributed by atoms with Crippen molar-refractivity contribution in [3.8, 4) is 0 Å². The topological polar surface area (TPSA) is 50.4 Å². The fourth-order valence-electron chi connectivity index (χ4n) is 1.01. The number of unbranched alkanes of at least 4 members (excludes halogenated alkanes) is 2. The monoisotopic (exact) mass is 181 g/mol. The van der Waals surface area contributed by atoms with E-state index in [1.165, 1.54) is 19.0 Å². The lowest BCUT2D eigenvalue weighted by molar-refractivity contribution is 0.166. The second-order valence-corrected chi connectivity index (χ2v) is 2.85. The van der Waals surface area contributed by atoms with Gasteiger partial charge in [0.05, 0.1) is 0 Å². The van der Waals surface area contributed by atoms with Crippen LogP contribution in [0, 0.1) is 0 Å². The van der Waals surface area contributed by atoms with Gasteiger partial charge >= 0.3 is 0 Å². The maximum absolute atomic E-state index is 9.23. The van der Waals surface area contributed by atoms with Crippen molar-refractivity contribution in [2.45, 2.75) is 26.2 Å². The van der Waals surface area contributed by atoms with Crippen molar-refractivity contribution in [1.82, 2.24) is 9.71 Å². The first-order valence-electron chi connectivity index (χ1n) is 4.58. The van der Waals surface area contributed by atoms with E-state index in [1.54, 1.807) is 12.3 Å². The molecule has 0 bridgehead atoms. The zero-order valence-electron chi connectivity index (χ0n) is 7.85. The van der Waals surface area contributed by atoms with Crippen molar-refractivity contribution in [2.24, 2.45) is 4.99 Å². The molecule has 0 atom stereocenters. The van der Waals surface area contributed by atoms with Gasteiger partial charge in [0, 0.05) is 18.9 Å². The van der Waals surface area contributed by atoms with Gasteiger partial charge in [0.1, 0.15) is 0 Å². The summed E-state index contributed by atoms with van der Waals surface area (Å²) in [6, 6.07) is 1.66. The van der Waals surface area contributed by atoms with Crippen LogP contribution in [0.15, 0.2) is 23.5 Å². The summed E-state index contributed by atoms with van der Waals surface area (Å²) in [7, 11) is 0. The Bertz CT molecular complexity index is 306. The van der Waals surface area contributed by atoms with Gasteiger partial charge in [-0.1, -0.05) is 19.8 Å². The van der Waals surface area contributed by atoms with Gasteiger partial charge < -0.3 is 5.21 Å². The van der Waals surface area contributed by atoms with Gasteiger partial charge in [0.2, 0.25) is 0 Å². The molecule has 4 heteroatoms. The summed E-state index contributed by atoms with van der Waals surface area (Å²) < 4.78 is 0.936. The molecule has 0 saturated heterocycles. The van der Waals surface area contributed by atoms with Crippen LogP contribution in [0.25, 0.3) is 0 Å². The second-order valence-electron chi connectivity index (χ2n) is 2.85. The molecular formula is C9H15N3O. The first-order chi connectivity index (χ1) is 6.34. The Labute approximate surface area is 77.5 Å². The van der Waals surface area contributed by atoms with Crippen LogP contribution in [0.4, 0.5) is 0 Å². The first-order valence-corrected chi connectivity index (χ1v) is 4.58. The van der Waals surface area contributed by atoms with E-state index in [2.05, 4.69) is 16.9 Å². The van der Waals surface area contributed by atoms with Gasteiger partial charge in [-0.3, -0.25) is 0 Å². The minimum Gasteiger partial charge on any atom is -0.425 e. The second kappa shape index (κ2) is 5.35. The quantitative estimate of drug-likeness (QED) is 0.560. The van der Waals surface area contributed by atoms with Crippen molar-refractivity contribution in [3.63, 3.8) is 0 Å². The molecule has 0 unspecified atom stereocenters. The van der Waals surface area contributed by atoms with E-state index in [9.17, 15) is 5.21 Å². The molecule has 1 N–H and O–H groups in total.